The van der Waals surface area contributed by atoms with Gasteiger partial charge >= 0.3 is 0 Å². The number of thioether (sulfide) groups is 1. The van der Waals surface area contributed by atoms with Gasteiger partial charge in [0.15, 0.2) is 0 Å². The molecule has 1 aliphatic heterocycles. The molecule has 3 rings (SSSR count). The van der Waals surface area contributed by atoms with Crippen molar-refractivity contribution in [3.8, 4) is 0 Å². The molecule has 0 aliphatic carbocycles. The van der Waals surface area contributed by atoms with Crippen molar-refractivity contribution in [3.05, 3.63) is 65.2 Å². The lowest BCUT2D eigenvalue weighted by Crippen LogP contribution is -2.34. The number of hydrogen-bond donors (Lipinski definition) is 0. The number of fused-ring (bicyclic) bond motifs is 1. The summed E-state index contributed by atoms with van der Waals surface area (Å²) in [6.07, 6.45) is 0.747. The Hall–Kier alpha value is -2.07. The topological polar surface area (TPSA) is 37.4 Å². The van der Waals surface area contributed by atoms with Gasteiger partial charge in [-0.15, -0.1) is 11.8 Å². The molecule has 0 radical (unpaired) electrons. The molecule has 0 saturated heterocycles. The summed E-state index contributed by atoms with van der Waals surface area (Å²) in [7, 11) is 0. The van der Waals surface area contributed by atoms with Crippen molar-refractivity contribution in [1.29, 1.82) is 0 Å². The number of carbonyl (C=O) groups is 2. The Morgan fingerprint density at radius 3 is 2.00 bits per heavy atom. The van der Waals surface area contributed by atoms with E-state index < -0.39 is 0 Å². The van der Waals surface area contributed by atoms with E-state index in [4.69, 9.17) is 0 Å². The van der Waals surface area contributed by atoms with Gasteiger partial charge < -0.3 is 0 Å². The highest BCUT2D eigenvalue weighted by Crippen LogP contribution is 2.36. The predicted molar refractivity (Wildman–Crippen MR) is 97.5 cm³/mol. The number of imide groups is 1. The van der Waals surface area contributed by atoms with Gasteiger partial charge in [-0.2, -0.15) is 0 Å². The first-order valence-corrected chi connectivity index (χ1v) is 8.90. The van der Waals surface area contributed by atoms with E-state index in [1.807, 2.05) is 0 Å². The third kappa shape index (κ3) is 3.39. The van der Waals surface area contributed by atoms with Gasteiger partial charge in [0.1, 0.15) is 0 Å². The van der Waals surface area contributed by atoms with E-state index in [1.165, 1.54) is 15.4 Å². The average molecular weight is 339 g/mol. The van der Waals surface area contributed by atoms with Gasteiger partial charge in [-0.25, -0.2) is 0 Å². The first-order chi connectivity index (χ1) is 11.4. The van der Waals surface area contributed by atoms with E-state index in [0.717, 1.165) is 6.42 Å². The normalized spacial score (nSPS) is 14.2. The molecule has 4 heteroatoms. The van der Waals surface area contributed by atoms with Crippen LogP contribution >= 0.6 is 11.8 Å². The maximum atomic E-state index is 12.4. The molecule has 24 heavy (non-hydrogen) atoms. The maximum Gasteiger partial charge on any atom is 0.261 e. The van der Waals surface area contributed by atoms with Crippen LogP contribution in [0.2, 0.25) is 0 Å². The van der Waals surface area contributed by atoms with Crippen LogP contribution in [0.15, 0.2) is 53.4 Å². The highest BCUT2D eigenvalue weighted by Gasteiger charge is 2.35. The van der Waals surface area contributed by atoms with Crippen LogP contribution in [0, 0.1) is 6.92 Å². The highest BCUT2D eigenvalue weighted by atomic mass is 32.2. The van der Waals surface area contributed by atoms with Gasteiger partial charge in [-0.1, -0.05) is 43.7 Å². The van der Waals surface area contributed by atoms with Crippen LogP contribution in [0.4, 0.5) is 0 Å². The van der Waals surface area contributed by atoms with Crippen molar-refractivity contribution in [2.24, 2.45) is 0 Å². The van der Waals surface area contributed by atoms with Gasteiger partial charge in [0.05, 0.1) is 11.1 Å². The van der Waals surface area contributed by atoms with Crippen LogP contribution < -0.4 is 0 Å². The van der Waals surface area contributed by atoms with Gasteiger partial charge in [-0.3, -0.25) is 14.5 Å². The molecule has 1 heterocycles. The molecule has 124 valence electrons. The molecule has 0 saturated carbocycles. The number of amides is 2. The zero-order valence-electron chi connectivity index (χ0n) is 14.2. The van der Waals surface area contributed by atoms with Crippen molar-refractivity contribution >= 4 is 23.6 Å². The third-order valence-corrected chi connectivity index (χ3v) is 5.50. The molecule has 0 atom stereocenters. The summed E-state index contributed by atoms with van der Waals surface area (Å²) >= 11 is 1.78. The zero-order chi connectivity index (χ0) is 17.3. The number of rotatable bonds is 5. The maximum absolute atomic E-state index is 12.4. The fourth-order valence-corrected chi connectivity index (χ4v) is 3.90. The molecule has 1 aliphatic rings. The van der Waals surface area contributed by atoms with E-state index in [9.17, 15) is 9.59 Å². The second-order valence-corrected chi connectivity index (χ2v) is 8.51. The van der Waals surface area contributed by atoms with Gasteiger partial charge in [0, 0.05) is 16.2 Å². The van der Waals surface area contributed by atoms with Crippen molar-refractivity contribution in [1.82, 2.24) is 4.90 Å². The fourth-order valence-electron chi connectivity index (χ4n) is 2.80. The molecule has 0 unspecified atom stereocenters. The Labute approximate surface area is 147 Å². The monoisotopic (exact) mass is 339 g/mol. The SMILES string of the molecule is Cc1ccc(SC(C)(C)CCN2C(=O)c3ccccc3C2=O)cc1. The van der Waals surface area contributed by atoms with E-state index >= 15 is 0 Å². The molecule has 0 spiro atoms. The van der Waals surface area contributed by atoms with Crippen LogP contribution in [-0.2, 0) is 0 Å². The second kappa shape index (κ2) is 6.44. The smallest absolute Gasteiger partial charge is 0.261 e. The minimum atomic E-state index is -0.174. The highest BCUT2D eigenvalue weighted by molar-refractivity contribution is 8.00. The van der Waals surface area contributed by atoms with Gasteiger partial charge in [-0.05, 0) is 37.6 Å². The van der Waals surface area contributed by atoms with Crippen LogP contribution in [0.5, 0.6) is 0 Å². The van der Waals surface area contributed by atoms with Crippen molar-refractivity contribution in [3.63, 3.8) is 0 Å². The van der Waals surface area contributed by atoms with E-state index in [0.29, 0.717) is 17.7 Å². The summed E-state index contributed by atoms with van der Waals surface area (Å²) in [5, 5.41) is 0. The minimum Gasteiger partial charge on any atom is -0.274 e. The Kier molecular flexibility index (Phi) is 4.50. The average Bonchev–Trinajstić information content (AvgIpc) is 2.79. The summed E-state index contributed by atoms with van der Waals surface area (Å²) < 4.78 is -0.0649. The Morgan fingerprint density at radius 1 is 0.917 bits per heavy atom. The first-order valence-electron chi connectivity index (χ1n) is 8.08. The number of benzene rings is 2. The molecule has 2 amide bonds. The quantitative estimate of drug-likeness (QED) is 0.592. The van der Waals surface area contributed by atoms with Crippen LogP contribution in [0.3, 0.4) is 0 Å². The van der Waals surface area contributed by atoms with Crippen molar-refractivity contribution < 1.29 is 9.59 Å². The molecule has 2 aromatic rings. The van der Waals surface area contributed by atoms with Gasteiger partial charge in [0.25, 0.3) is 11.8 Å². The lowest BCUT2D eigenvalue weighted by atomic mass is 10.1. The molecule has 0 fully saturated rings. The molecule has 0 N–H and O–H groups in total. The summed E-state index contributed by atoms with van der Waals surface area (Å²) in [5.41, 5.74) is 2.28. The molecule has 0 bridgehead atoms. The van der Waals surface area contributed by atoms with Gasteiger partial charge in [0.2, 0.25) is 0 Å². The largest absolute Gasteiger partial charge is 0.274 e. The molecule has 3 nitrogen and oxygen atoms in total. The second-order valence-electron chi connectivity index (χ2n) is 6.73. The number of carbonyl (C=O) groups excluding carboxylic acids is 2. The third-order valence-electron chi connectivity index (χ3n) is 4.23. The standard InChI is InChI=1S/C20H21NO2S/c1-14-8-10-15(11-9-14)24-20(2,3)12-13-21-18(22)16-6-4-5-7-17(16)19(21)23/h4-11H,12-13H2,1-3H3. The summed E-state index contributed by atoms with van der Waals surface area (Å²) in [4.78, 5) is 27.4. The first kappa shape index (κ1) is 16.8. The van der Waals surface area contributed by atoms with Crippen LogP contribution in [0.1, 0.15) is 46.5 Å². The Balaban J connectivity index is 1.66. The van der Waals surface area contributed by atoms with Crippen molar-refractivity contribution in [2.45, 2.75) is 36.8 Å². The summed E-state index contributed by atoms with van der Waals surface area (Å²) in [6.45, 7) is 6.81. The van der Waals surface area contributed by atoms with Crippen LogP contribution in [-0.4, -0.2) is 28.0 Å². The lowest BCUT2D eigenvalue weighted by Gasteiger charge is -2.26. The summed E-state index contributed by atoms with van der Waals surface area (Å²) in [6, 6.07) is 15.5. The molecule has 0 aromatic heterocycles. The van der Waals surface area contributed by atoms with Crippen molar-refractivity contribution in [2.75, 3.05) is 6.54 Å². The number of hydrogen-bond acceptors (Lipinski definition) is 3. The molecule has 2 aromatic carbocycles. The number of nitrogens with zero attached hydrogens (tertiary/aromatic N) is 1. The molecular weight excluding hydrogens is 318 g/mol. The van der Waals surface area contributed by atoms with E-state index in [-0.39, 0.29) is 16.6 Å². The molecular formula is C20H21NO2S. The zero-order valence-corrected chi connectivity index (χ0v) is 15.0. The minimum absolute atomic E-state index is 0.0649. The lowest BCUT2D eigenvalue weighted by molar-refractivity contribution is 0.0650. The fraction of sp³-hybridized carbons (Fsp3) is 0.300. The number of aryl methyl sites for hydroxylation is 1. The Bertz CT molecular complexity index is 745. The van der Waals surface area contributed by atoms with E-state index in [2.05, 4.69) is 45.0 Å². The predicted octanol–water partition coefficient (Wildman–Crippen LogP) is 4.55. The van der Waals surface area contributed by atoms with E-state index in [1.54, 1.807) is 36.0 Å². The summed E-state index contributed by atoms with van der Waals surface area (Å²) in [5.74, 6) is -0.349. The van der Waals surface area contributed by atoms with Crippen LogP contribution in [0.25, 0.3) is 0 Å². The Morgan fingerprint density at radius 2 is 1.46 bits per heavy atom.